The van der Waals surface area contributed by atoms with Crippen LogP contribution in [0.25, 0.3) is 0 Å². The molecule has 1 aromatic carbocycles. The van der Waals surface area contributed by atoms with E-state index in [2.05, 4.69) is 5.32 Å². The third-order valence-corrected chi connectivity index (χ3v) is 4.29. The maximum Gasteiger partial charge on any atom is 0.240 e. The Bertz CT molecular complexity index is 481. The predicted octanol–water partition coefficient (Wildman–Crippen LogP) is 2.40. The minimum atomic E-state index is -0.673. The highest BCUT2D eigenvalue weighted by Gasteiger charge is 2.35. The van der Waals surface area contributed by atoms with Gasteiger partial charge in [-0.1, -0.05) is 37.5 Å². The molecule has 116 valence electrons. The number of para-hydroxylation sites is 1. The fraction of sp³-hybridized carbons (Fsp3) is 0.588. The minimum absolute atomic E-state index is 0.00963. The van der Waals surface area contributed by atoms with Crippen LogP contribution in [0.15, 0.2) is 24.3 Å². The number of nitrogens with two attached hydrogens (primary N) is 1. The summed E-state index contributed by atoms with van der Waals surface area (Å²) in [6, 6.07) is 7.94. The molecule has 0 aromatic heterocycles. The zero-order valence-corrected chi connectivity index (χ0v) is 13.0. The molecule has 1 saturated carbocycles. The van der Waals surface area contributed by atoms with Crippen LogP contribution in [0.1, 0.15) is 44.6 Å². The Kier molecular flexibility index (Phi) is 5.23. The van der Waals surface area contributed by atoms with Crippen molar-refractivity contribution in [3.63, 3.8) is 0 Å². The van der Waals surface area contributed by atoms with E-state index in [0.29, 0.717) is 0 Å². The minimum Gasteiger partial charge on any atom is -0.496 e. The van der Waals surface area contributed by atoms with Gasteiger partial charge < -0.3 is 15.8 Å². The van der Waals surface area contributed by atoms with Crippen molar-refractivity contribution in [3.05, 3.63) is 29.8 Å². The SMILES string of the molecule is COc1ccccc1CC(C)NC(=O)C1(N)CCCCC1. The molecule has 1 aliphatic rings. The van der Waals surface area contributed by atoms with Crippen LogP contribution < -0.4 is 15.8 Å². The van der Waals surface area contributed by atoms with Crippen molar-refractivity contribution in [2.75, 3.05) is 7.11 Å². The quantitative estimate of drug-likeness (QED) is 0.875. The molecule has 0 aliphatic heterocycles. The van der Waals surface area contributed by atoms with Gasteiger partial charge in [-0.2, -0.15) is 0 Å². The molecule has 1 fully saturated rings. The van der Waals surface area contributed by atoms with E-state index in [1.165, 1.54) is 6.42 Å². The summed E-state index contributed by atoms with van der Waals surface area (Å²) in [7, 11) is 1.67. The number of nitrogens with one attached hydrogen (secondary N) is 1. The highest BCUT2D eigenvalue weighted by Crippen LogP contribution is 2.26. The molecular formula is C17H26N2O2. The molecule has 0 heterocycles. The fourth-order valence-corrected chi connectivity index (χ4v) is 3.03. The molecule has 1 atom stereocenters. The van der Waals surface area contributed by atoms with E-state index in [-0.39, 0.29) is 11.9 Å². The van der Waals surface area contributed by atoms with Crippen LogP contribution in [0.2, 0.25) is 0 Å². The van der Waals surface area contributed by atoms with E-state index in [0.717, 1.165) is 43.4 Å². The van der Waals surface area contributed by atoms with E-state index in [4.69, 9.17) is 10.5 Å². The Morgan fingerprint density at radius 2 is 2.00 bits per heavy atom. The van der Waals surface area contributed by atoms with Gasteiger partial charge in [-0.15, -0.1) is 0 Å². The lowest BCUT2D eigenvalue weighted by Gasteiger charge is -2.33. The van der Waals surface area contributed by atoms with Gasteiger partial charge in [-0.25, -0.2) is 0 Å². The second-order valence-corrected chi connectivity index (χ2v) is 6.11. The van der Waals surface area contributed by atoms with Gasteiger partial charge >= 0.3 is 0 Å². The first-order valence-corrected chi connectivity index (χ1v) is 7.77. The number of benzene rings is 1. The number of hydrogen-bond acceptors (Lipinski definition) is 3. The van der Waals surface area contributed by atoms with Gasteiger partial charge in [-0.05, 0) is 37.8 Å². The third-order valence-electron chi connectivity index (χ3n) is 4.29. The van der Waals surface area contributed by atoms with Crippen molar-refractivity contribution in [2.24, 2.45) is 5.73 Å². The van der Waals surface area contributed by atoms with Crippen molar-refractivity contribution >= 4 is 5.91 Å². The van der Waals surface area contributed by atoms with E-state index in [1.807, 2.05) is 31.2 Å². The van der Waals surface area contributed by atoms with Crippen molar-refractivity contribution in [1.82, 2.24) is 5.32 Å². The Balaban J connectivity index is 1.95. The molecule has 0 spiro atoms. The summed E-state index contributed by atoms with van der Waals surface area (Å²) in [6.45, 7) is 2.01. The maximum absolute atomic E-state index is 12.4. The predicted molar refractivity (Wildman–Crippen MR) is 84.3 cm³/mol. The number of carbonyl (C=O) groups is 1. The third kappa shape index (κ3) is 3.97. The Hall–Kier alpha value is -1.55. The van der Waals surface area contributed by atoms with Crippen LogP contribution in [0.4, 0.5) is 0 Å². The summed E-state index contributed by atoms with van der Waals surface area (Å²) in [6.07, 6.45) is 5.60. The zero-order chi connectivity index (χ0) is 15.3. The summed E-state index contributed by atoms with van der Waals surface area (Å²) in [5, 5.41) is 3.07. The summed E-state index contributed by atoms with van der Waals surface area (Å²) < 4.78 is 5.35. The van der Waals surface area contributed by atoms with Crippen LogP contribution in [0.3, 0.4) is 0 Å². The lowest BCUT2D eigenvalue weighted by Crippen LogP contribution is -2.56. The molecule has 0 saturated heterocycles. The number of carbonyl (C=O) groups excluding carboxylic acids is 1. The topological polar surface area (TPSA) is 64.3 Å². The monoisotopic (exact) mass is 290 g/mol. The lowest BCUT2D eigenvalue weighted by molar-refractivity contribution is -0.128. The van der Waals surface area contributed by atoms with E-state index in [9.17, 15) is 4.79 Å². The van der Waals surface area contributed by atoms with Crippen LogP contribution >= 0.6 is 0 Å². The standard InChI is InChI=1S/C17H26N2O2/c1-13(12-14-8-4-5-9-15(14)21-2)19-16(20)17(18)10-6-3-7-11-17/h4-5,8-9,13H,3,6-7,10-12,18H2,1-2H3,(H,19,20). The number of ether oxygens (including phenoxy) is 1. The van der Waals surface area contributed by atoms with Crippen LogP contribution in [-0.4, -0.2) is 24.6 Å². The highest BCUT2D eigenvalue weighted by molar-refractivity contribution is 5.86. The van der Waals surface area contributed by atoms with Crippen molar-refractivity contribution in [2.45, 2.75) is 57.0 Å². The number of rotatable bonds is 5. The fourth-order valence-electron chi connectivity index (χ4n) is 3.03. The van der Waals surface area contributed by atoms with Crippen LogP contribution in [-0.2, 0) is 11.2 Å². The Labute approximate surface area is 127 Å². The average molecular weight is 290 g/mol. The Morgan fingerprint density at radius 3 is 2.67 bits per heavy atom. The number of methoxy groups -OCH3 is 1. The average Bonchev–Trinajstić information content (AvgIpc) is 2.48. The maximum atomic E-state index is 12.4. The van der Waals surface area contributed by atoms with Crippen molar-refractivity contribution in [3.8, 4) is 5.75 Å². The van der Waals surface area contributed by atoms with Crippen LogP contribution in [0, 0.1) is 0 Å². The smallest absolute Gasteiger partial charge is 0.240 e. The first kappa shape index (κ1) is 15.8. The number of hydrogen-bond donors (Lipinski definition) is 2. The molecule has 21 heavy (non-hydrogen) atoms. The Morgan fingerprint density at radius 1 is 1.33 bits per heavy atom. The normalized spacial score (nSPS) is 18.8. The molecule has 0 radical (unpaired) electrons. The van der Waals surface area contributed by atoms with Gasteiger partial charge in [0.15, 0.2) is 0 Å². The molecule has 1 amide bonds. The summed E-state index contributed by atoms with van der Waals surface area (Å²) >= 11 is 0. The molecule has 2 rings (SSSR count). The van der Waals surface area contributed by atoms with Gasteiger partial charge in [0.1, 0.15) is 5.75 Å². The first-order valence-electron chi connectivity index (χ1n) is 7.77. The molecule has 1 aromatic rings. The summed E-state index contributed by atoms with van der Waals surface area (Å²) in [5.74, 6) is 0.850. The van der Waals surface area contributed by atoms with E-state index >= 15 is 0 Å². The van der Waals surface area contributed by atoms with Gasteiger partial charge in [0.25, 0.3) is 0 Å². The van der Waals surface area contributed by atoms with Crippen molar-refractivity contribution < 1.29 is 9.53 Å². The molecule has 4 heteroatoms. The molecule has 0 bridgehead atoms. The molecule has 1 unspecified atom stereocenters. The second-order valence-electron chi connectivity index (χ2n) is 6.11. The molecule has 1 aliphatic carbocycles. The van der Waals surface area contributed by atoms with E-state index in [1.54, 1.807) is 7.11 Å². The molecular weight excluding hydrogens is 264 g/mol. The summed E-state index contributed by atoms with van der Waals surface area (Å²) in [5.41, 5.74) is 6.69. The first-order chi connectivity index (χ1) is 10.0. The van der Waals surface area contributed by atoms with Gasteiger partial charge in [-0.3, -0.25) is 4.79 Å². The van der Waals surface area contributed by atoms with E-state index < -0.39 is 5.54 Å². The van der Waals surface area contributed by atoms with Gasteiger partial charge in [0, 0.05) is 6.04 Å². The zero-order valence-electron chi connectivity index (χ0n) is 13.0. The lowest BCUT2D eigenvalue weighted by atomic mass is 9.81. The largest absolute Gasteiger partial charge is 0.496 e. The molecule has 4 nitrogen and oxygen atoms in total. The summed E-state index contributed by atoms with van der Waals surface area (Å²) in [4.78, 5) is 12.4. The van der Waals surface area contributed by atoms with Gasteiger partial charge in [0.2, 0.25) is 5.91 Å². The second kappa shape index (κ2) is 6.94. The van der Waals surface area contributed by atoms with Crippen molar-refractivity contribution in [1.29, 1.82) is 0 Å². The van der Waals surface area contributed by atoms with Gasteiger partial charge in [0.05, 0.1) is 12.6 Å². The highest BCUT2D eigenvalue weighted by atomic mass is 16.5. The molecule has 3 N–H and O–H groups in total. The number of amides is 1. The van der Waals surface area contributed by atoms with Crippen LogP contribution in [0.5, 0.6) is 5.75 Å².